The van der Waals surface area contributed by atoms with E-state index in [9.17, 15) is 0 Å². The number of alkyl halides is 3. The number of para-hydroxylation sites is 1. The van der Waals surface area contributed by atoms with Gasteiger partial charge in [0.2, 0.25) is 3.79 Å². The van der Waals surface area contributed by atoms with Crippen LogP contribution < -0.4 is 5.73 Å². The van der Waals surface area contributed by atoms with Crippen LogP contribution >= 0.6 is 34.8 Å². The first-order chi connectivity index (χ1) is 9.97. The molecule has 21 heavy (non-hydrogen) atoms. The van der Waals surface area contributed by atoms with Crippen LogP contribution in [0.5, 0.6) is 0 Å². The maximum absolute atomic E-state index is 5.74. The van der Waals surface area contributed by atoms with Gasteiger partial charge in [-0.05, 0) is 12.1 Å². The van der Waals surface area contributed by atoms with Gasteiger partial charge < -0.3 is 5.73 Å². The van der Waals surface area contributed by atoms with Gasteiger partial charge >= 0.3 is 0 Å². The maximum atomic E-state index is 5.74. The molecule has 2 rings (SSSR count). The highest BCUT2D eigenvalue weighted by molar-refractivity contribution is 6.76. The third-order valence-corrected chi connectivity index (χ3v) is 3.12. The van der Waals surface area contributed by atoms with Crippen molar-refractivity contribution in [2.24, 2.45) is 15.7 Å². The third kappa shape index (κ3) is 4.74. The first kappa shape index (κ1) is 15.8. The van der Waals surface area contributed by atoms with Crippen LogP contribution in [-0.2, 0) is 0 Å². The molecule has 2 aromatic carbocycles. The minimum atomic E-state index is -1.77. The van der Waals surface area contributed by atoms with Crippen LogP contribution in [0, 0.1) is 0 Å². The van der Waals surface area contributed by atoms with Crippen LogP contribution in [0.3, 0.4) is 0 Å². The van der Waals surface area contributed by atoms with Crippen LogP contribution in [0.15, 0.2) is 70.6 Å². The number of halogens is 3. The van der Waals surface area contributed by atoms with Crippen LogP contribution in [0.2, 0.25) is 0 Å². The van der Waals surface area contributed by atoms with Gasteiger partial charge in [-0.2, -0.15) is 0 Å². The molecule has 2 N–H and O–H groups in total. The van der Waals surface area contributed by atoms with Crippen molar-refractivity contribution in [2.45, 2.75) is 3.79 Å². The van der Waals surface area contributed by atoms with Gasteiger partial charge in [-0.15, -0.1) is 0 Å². The molecule has 0 atom stereocenters. The molecule has 0 fully saturated rings. The Hall–Kier alpha value is -1.55. The molecule has 0 aromatic heterocycles. The number of rotatable bonds is 2. The molecule has 0 bridgehead atoms. The van der Waals surface area contributed by atoms with E-state index in [4.69, 9.17) is 40.5 Å². The van der Waals surface area contributed by atoms with Crippen LogP contribution in [-0.4, -0.2) is 15.5 Å². The van der Waals surface area contributed by atoms with E-state index in [1.165, 1.54) is 0 Å². The highest BCUT2D eigenvalue weighted by atomic mass is 35.6. The summed E-state index contributed by atoms with van der Waals surface area (Å²) in [5.74, 6) is 0.247. The minimum absolute atomic E-state index is 0.133. The fourth-order valence-corrected chi connectivity index (χ4v) is 1.67. The summed E-state index contributed by atoms with van der Waals surface area (Å²) in [5, 5.41) is 0. The van der Waals surface area contributed by atoms with Crippen molar-refractivity contribution >= 4 is 52.2 Å². The highest BCUT2D eigenvalue weighted by Gasteiger charge is 2.26. The first-order valence-corrected chi connectivity index (χ1v) is 7.21. The smallest absolute Gasteiger partial charge is 0.247 e. The van der Waals surface area contributed by atoms with E-state index < -0.39 is 3.79 Å². The second-order valence-electron chi connectivity index (χ2n) is 4.13. The van der Waals surface area contributed by atoms with Gasteiger partial charge in [0.25, 0.3) is 0 Å². The molecule has 0 aliphatic heterocycles. The van der Waals surface area contributed by atoms with Crippen molar-refractivity contribution in [3.05, 3.63) is 66.2 Å². The van der Waals surface area contributed by atoms with Gasteiger partial charge in [0.05, 0.1) is 5.69 Å². The molecule has 0 spiro atoms. The number of hydrogen-bond acceptors (Lipinski definition) is 1. The van der Waals surface area contributed by atoms with E-state index in [-0.39, 0.29) is 5.84 Å². The van der Waals surface area contributed by atoms with Crippen molar-refractivity contribution in [3.8, 4) is 0 Å². The molecule has 3 nitrogen and oxygen atoms in total. The van der Waals surface area contributed by atoms with Gasteiger partial charge in [-0.3, -0.25) is 0 Å². The standard InChI is InChI=1S/C15H12Cl3N3/c16-15(17,18)14(19)21-13(11-7-3-1-4-8-11)20-12-9-5-2-6-10-12/h1-10H,(H2,19,20,21). The quantitative estimate of drug-likeness (QED) is 0.489. The lowest BCUT2D eigenvalue weighted by Gasteiger charge is -2.10. The summed E-state index contributed by atoms with van der Waals surface area (Å²) in [6.07, 6.45) is 0. The van der Waals surface area contributed by atoms with E-state index in [2.05, 4.69) is 9.98 Å². The lowest BCUT2D eigenvalue weighted by atomic mass is 10.2. The van der Waals surface area contributed by atoms with Crippen molar-refractivity contribution in [1.82, 2.24) is 0 Å². The van der Waals surface area contributed by atoms with Crippen LogP contribution in [0.25, 0.3) is 0 Å². The Balaban J connectivity index is 2.49. The summed E-state index contributed by atoms with van der Waals surface area (Å²) in [5.41, 5.74) is 7.23. The van der Waals surface area contributed by atoms with Gasteiger partial charge in [0, 0.05) is 5.56 Å². The molecule has 0 radical (unpaired) electrons. The highest BCUT2D eigenvalue weighted by Crippen LogP contribution is 2.26. The van der Waals surface area contributed by atoms with E-state index in [1.54, 1.807) is 0 Å². The molecule has 2 aromatic rings. The summed E-state index contributed by atoms with van der Waals surface area (Å²) in [4.78, 5) is 8.62. The molecule has 6 heteroatoms. The largest absolute Gasteiger partial charge is 0.383 e. The Bertz CT molecular complexity index is 647. The number of hydrogen-bond donors (Lipinski definition) is 1. The second-order valence-corrected chi connectivity index (χ2v) is 6.41. The van der Waals surface area contributed by atoms with Gasteiger partial charge in [-0.25, -0.2) is 9.98 Å². The second kappa shape index (κ2) is 6.94. The number of aliphatic imine (C=N–C) groups is 2. The van der Waals surface area contributed by atoms with E-state index in [0.29, 0.717) is 5.84 Å². The van der Waals surface area contributed by atoms with Crippen LogP contribution in [0.4, 0.5) is 5.69 Å². The van der Waals surface area contributed by atoms with Crippen molar-refractivity contribution in [3.63, 3.8) is 0 Å². The monoisotopic (exact) mass is 339 g/mol. The first-order valence-electron chi connectivity index (χ1n) is 6.07. The SMILES string of the molecule is NC(=NC(=Nc1ccccc1)c1ccccc1)C(Cl)(Cl)Cl. The zero-order valence-electron chi connectivity index (χ0n) is 10.9. The van der Waals surface area contributed by atoms with Gasteiger partial charge in [0.15, 0.2) is 11.7 Å². The lowest BCUT2D eigenvalue weighted by Crippen LogP contribution is -2.29. The fourth-order valence-electron chi connectivity index (χ4n) is 1.54. The summed E-state index contributed by atoms with van der Waals surface area (Å²) in [6, 6.07) is 18.7. The Morgan fingerprint density at radius 2 is 1.38 bits per heavy atom. The Kier molecular flexibility index (Phi) is 5.23. The maximum Gasteiger partial charge on any atom is 0.247 e. The van der Waals surface area contributed by atoms with Crippen molar-refractivity contribution < 1.29 is 0 Å². The topological polar surface area (TPSA) is 50.7 Å². The Labute approximate surface area is 138 Å². The molecule has 0 aliphatic carbocycles. The number of amidine groups is 2. The minimum Gasteiger partial charge on any atom is -0.383 e. The lowest BCUT2D eigenvalue weighted by molar-refractivity contribution is 1.38. The summed E-state index contributed by atoms with van der Waals surface area (Å²) in [6.45, 7) is 0. The normalized spacial score (nSPS) is 13.3. The predicted molar refractivity (Wildman–Crippen MR) is 91.0 cm³/mol. The van der Waals surface area contributed by atoms with E-state index >= 15 is 0 Å². The molecule has 0 amide bonds. The molecular formula is C15H12Cl3N3. The third-order valence-electron chi connectivity index (χ3n) is 2.54. The summed E-state index contributed by atoms with van der Waals surface area (Å²) < 4.78 is -1.77. The number of benzene rings is 2. The zero-order chi connectivity index (χ0) is 15.3. The molecule has 0 aliphatic rings. The average molecular weight is 341 g/mol. The molecule has 0 heterocycles. The van der Waals surface area contributed by atoms with Crippen molar-refractivity contribution in [2.75, 3.05) is 0 Å². The predicted octanol–water partition coefficient (Wildman–Crippen LogP) is 4.49. The summed E-state index contributed by atoms with van der Waals surface area (Å²) >= 11 is 17.2. The zero-order valence-corrected chi connectivity index (χ0v) is 13.1. The summed E-state index contributed by atoms with van der Waals surface area (Å²) in [7, 11) is 0. The van der Waals surface area contributed by atoms with E-state index in [0.717, 1.165) is 11.3 Å². The van der Waals surface area contributed by atoms with Crippen molar-refractivity contribution in [1.29, 1.82) is 0 Å². The Morgan fingerprint density at radius 1 is 0.857 bits per heavy atom. The number of nitrogens with two attached hydrogens (primary N) is 1. The van der Waals surface area contributed by atoms with Crippen LogP contribution in [0.1, 0.15) is 5.56 Å². The molecule has 0 unspecified atom stereocenters. The number of nitrogens with zero attached hydrogens (tertiary/aromatic N) is 2. The van der Waals surface area contributed by atoms with Gasteiger partial charge in [0.1, 0.15) is 0 Å². The molecular weight excluding hydrogens is 329 g/mol. The average Bonchev–Trinajstić information content (AvgIpc) is 2.47. The van der Waals surface area contributed by atoms with E-state index in [1.807, 2.05) is 60.7 Å². The Morgan fingerprint density at radius 3 is 1.90 bits per heavy atom. The van der Waals surface area contributed by atoms with Gasteiger partial charge in [-0.1, -0.05) is 83.3 Å². The molecule has 108 valence electrons. The fraction of sp³-hybridized carbons (Fsp3) is 0.0667. The molecule has 0 saturated carbocycles. The molecule has 0 saturated heterocycles.